The van der Waals surface area contributed by atoms with Crippen LogP contribution < -0.4 is 4.74 Å². The predicted octanol–water partition coefficient (Wildman–Crippen LogP) is 3.80. The summed E-state index contributed by atoms with van der Waals surface area (Å²) in [6.45, 7) is 5.91. The van der Waals surface area contributed by atoms with Gasteiger partial charge in [0.1, 0.15) is 6.61 Å². The van der Waals surface area contributed by atoms with E-state index in [9.17, 15) is 4.39 Å². The second-order valence-corrected chi connectivity index (χ2v) is 4.41. The number of ether oxygens (including phenoxy) is 1. The van der Waals surface area contributed by atoms with Crippen molar-refractivity contribution in [2.75, 3.05) is 6.61 Å². The third-order valence-electron chi connectivity index (χ3n) is 2.79. The average molecular weight is 272 g/mol. The molecule has 20 heavy (non-hydrogen) atoms. The molecule has 0 aliphatic heterocycles. The van der Waals surface area contributed by atoms with E-state index >= 15 is 0 Å². The summed E-state index contributed by atoms with van der Waals surface area (Å²) < 4.78 is 19.0. The van der Waals surface area contributed by atoms with Gasteiger partial charge in [-0.1, -0.05) is 26.0 Å². The fourth-order valence-electron chi connectivity index (χ4n) is 1.83. The van der Waals surface area contributed by atoms with Gasteiger partial charge in [0.15, 0.2) is 17.4 Å². The van der Waals surface area contributed by atoms with Gasteiger partial charge in [-0.3, -0.25) is 0 Å². The summed E-state index contributed by atoms with van der Waals surface area (Å²) in [6, 6.07) is 4.71. The van der Waals surface area contributed by atoms with Gasteiger partial charge in [-0.2, -0.15) is 0 Å². The summed E-state index contributed by atoms with van der Waals surface area (Å²) in [7, 11) is 0. The number of nitrogens with zero attached hydrogens (tertiary/aromatic N) is 2. The van der Waals surface area contributed by atoms with Crippen molar-refractivity contribution in [1.82, 2.24) is 9.97 Å². The maximum Gasteiger partial charge on any atom is 0.165 e. The van der Waals surface area contributed by atoms with Crippen LogP contribution in [0.5, 0.6) is 5.75 Å². The minimum absolute atomic E-state index is 0.205. The van der Waals surface area contributed by atoms with Crippen molar-refractivity contribution in [1.29, 1.82) is 0 Å². The van der Waals surface area contributed by atoms with Gasteiger partial charge in [0.2, 0.25) is 0 Å². The molecule has 0 radical (unpaired) electrons. The van der Waals surface area contributed by atoms with Crippen molar-refractivity contribution in [3.63, 3.8) is 0 Å². The minimum atomic E-state index is -0.425. The lowest BCUT2D eigenvalue weighted by Crippen LogP contribution is -1.97. The summed E-state index contributed by atoms with van der Waals surface area (Å²) in [5.74, 6) is 0.292. The van der Waals surface area contributed by atoms with Crippen LogP contribution in [0, 0.1) is 5.82 Å². The van der Waals surface area contributed by atoms with E-state index in [0.717, 1.165) is 18.4 Å². The van der Waals surface area contributed by atoms with E-state index in [0.29, 0.717) is 11.4 Å². The zero-order valence-electron chi connectivity index (χ0n) is 11.5. The van der Waals surface area contributed by atoms with E-state index in [1.165, 1.54) is 6.07 Å². The highest BCUT2D eigenvalue weighted by Gasteiger charge is 2.07. The first-order valence-electron chi connectivity index (χ1n) is 6.59. The number of rotatable bonds is 6. The molecule has 0 aliphatic carbocycles. The lowest BCUT2D eigenvalue weighted by atomic mass is 10.1. The molecule has 0 unspecified atom stereocenters. The van der Waals surface area contributed by atoms with Crippen LogP contribution in [0.25, 0.3) is 11.4 Å². The first kappa shape index (κ1) is 14.2. The van der Waals surface area contributed by atoms with E-state index in [-0.39, 0.29) is 12.4 Å². The second-order valence-electron chi connectivity index (χ2n) is 4.41. The standard InChI is InChI=1S/C16H17FN2O/c1-3-5-12-10-18-16(19-11-12)13-6-7-15(14(17)9-13)20-8-4-2/h4,6-7,9-11H,2-3,5,8H2,1H3. The molecule has 4 heteroatoms. The molecule has 0 saturated heterocycles. The van der Waals surface area contributed by atoms with Crippen molar-refractivity contribution in [2.24, 2.45) is 0 Å². The Labute approximate surface area is 118 Å². The Kier molecular flexibility index (Phi) is 4.82. The molecular weight excluding hydrogens is 255 g/mol. The normalized spacial score (nSPS) is 10.3. The van der Waals surface area contributed by atoms with Gasteiger partial charge in [0.25, 0.3) is 0 Å². The Bertz CT molecular complexity index is 582. The molecule has 0 amide bonds. The number of halogens is 1. The van der Waals surface area contributed by atoms with Crippen LogP contribution in [0.4, 0.5) is 4.39 Å². The highest BCUT2D eigenvalue weighted by molar-refractivity contribution is 5.56. The summed E-state index contributed by atoms with van der Waals surface area (Å²) in [6.07, 6.45) is 7.14. The molecule has 1 aromatic carbocycles. The van der Waals surface area contributed by atoms with Crippen molar-refractivity contribution in [3.8, 4) is 17.1 Å². The molecule has 3 nitrogen and oxygen atoms in total. The third-order valence-corrected chi connectivity index (χ3v) is 2.79. The number of hydrogen-bond donors (Lipinski definition) is 0. The first-order valence-corrected chi connectivity index (χ1v) is 6.59. The van der Waals surface area contributed by atoms with E-state index in [1.807, 2.05) is 0 Å². The van der Waals surface area contributed by atoms with Crippen molar-refractivity contribution in [2.45, 2.75) is 19.8 Å². The SMILES string of the molecule is C=CCOc1ccc(-c2ncc(CCC)cn2)cc1F. The molecule has 2 rings (SSSR count). The van der Waals surface area contributed by atoms with Gasteiger partial charge in [0, 0.05) is 18.0 Å². The molecule has 2 aromatic rings. The number of hydrogen-bond acceptors (Lipinski definition) is 3. The van der Waals surface area contributed by atoms with Gasteiger partial charge in [-0.05, 0) is 30.2 Å². The molecule has 0 saturated carbocycles. The van der Waals surface area contributed by atoms with Gasteiger partial charge < -0.3 is 4.74 Å². The molecule has 0 spiro atoms. The summed E-state index contributed by atoms with van der Waals surface area (Å²) >= 11 is 0. The first-order chi connectivity index (χ1) is 9.74. The monoisotopic (exact) mass is 272 g/mol. The molecular formula is C16H17FN2O. The Morgan fingerprint density at radius 3 is 2.65 bits per heavy atom. The van der Waals surface area contributed by atoms with E-state index in [4.69, 9.17) is 4.74 Å². The fourth-order valence-corrected chi connectivity index (χ4v) is 1.83. The Morgan fingerprint density at radius 2 is 2.05 bits per heavy atom. The van der Waals surface area contributed by atoms with E-state index in [2.05, 4.69) is 23.5 Å². The number of aryl methyl sites for hydroxylation is 1. The van der Waals surface area contributed by atoms with Crippen molar-refractivity contribution in [3.05, 3.63) is 54.6 Å². The number of benzene rings is 1. The summed E-state index contributed by atoms with van der Waals surface area (Å²) in [5.41, 5.74) is 1.72. The summed E-state index contributed by atoms with van der Waals surface area (Å²) in [4.78, 5) is 8.53. The van der Waals surface area contributed by atoms with Gasteiger partial charge in [-0.15, -0.1) is 0 Å². The number of aromatic nitrogens is 2. The third kappa shape index (κ3) is 3.41. The molecule has 1 aromatic heterocycles. The minimum Gasteiger partial charge on any atom is -0.486 e. The lowest BCUT2D eigenvalue weighted by Gasteiger charge is -2.06. The molecule has 0 bridgehead atoms. The average Bonchev–Trinajstić information content (AvgIpc) is 2.47. The Morgan fingerprint density at radius 1 is 1.30 bits per heavy atom. The van der Waals surface area contributed by atoms with Gasteiger partial charge in [-0.25, -0.2) is 14.4 Å². The fraction of sp³-hybridized carbons (Fsp3) is 0.250. The smallest absolute Gasteiger partial charge is 0.165 e. The second kappa shape index (κ2) is 6.80. The molecule has 0 aliphatic rings. The van der Waals surface area contributed by atoms with Crippen LogP contribution in [0.3, 0.4) is 0 Å². The molecule has 1 heterocycles. The highest BCUT2D eigenvalue weighted by atomic mass is 19.1. The summed E-state index contributed by atoms with van der Waals surface area (Å²) in [5, 5.41) is 0. The maximum atomic E-state index is 13.8. The van der Waals surface area contributed by atoms with Gasteiger partial charge >= 0.3 is 0 Å². The topological polar surface area (TPSA) is 35.0 Å². The van der Waals surface area contributed by atoms with Crippen molar-refractivity contribution >= 4 is 0 Å². The van der Waals surface area contributed by atoms with E-state index < -0.39 is 5.82 Å². The largest absolute Gasteiger partial charge is 0.486 e. The van der Waals surface area contributed by atoms with Gasteiger partial charge in [0.05, 0.1) is 0 Å². The van der Waals surface area contributed by atoms with Crippen molar-refractivity contribution < 1.29 is 9.13 Å². The van der Waals surface area contributed by atoms with Crippen LogP contribution in [-0.2, 0) is 6.42 Å². The van der Waals surface area contributed by atoms with Crippen LogP contribution in [-0.4, -0.2) is 16.6 Å². The van der Waals surface area contributed by atoms with Crippen LogP contribution >= 0.6 is 0 Å². The zero-order valence-corrected chi connectivity index (χ0v) is 11.5. The molecule has 0 atom stereocenters. The Hall–Kier alpha value is -2.23. The quantitative estimate of drug-likeness (QED) is 0.750. The zero-order chi connectivity index (χ0) is 14.4. The Balaban J connectivity index is 2.20. The van der Waals surface area contributed by atoms with Crippen LogP contribution in [0.15, 0.2) is 43.2 Å². The maximum absolute atomic E-state index is 13.8. The van der Waals surface area contributed by atoms with E-state index in [1.54, 1.807) is 30.6 Å². The molecule has 0 fully saturated rings. The lowest BCUT2D eigenvalue weighted by molar-refractivity contribution is 0.342. The molecule has 104 valence electrons. The highest BCUT2D eigenvalue weighted by Crippen LogP contribution is 2.23. The van der Waals surface area contributed by atoms with Crippen LogP contribution in [0.2, 0.25) is 0 Å². The van der Waals surface area contributed by atoms with Crippen LogP contribution in [0.1, 0.15) is 18.9 Å². The predicted molar refractivity (Wildman–Crippen MR) is 77.1 cm³/mol. The molecule has 0 N–H and O–H groups in total.